The molecule has 0 bridgehead atoms. The number of hydrogen-bond donors (Lipinski definition) is 0. The molecule has 0 amide bonds. The zero-order chi connectivity index (χ0) is 7.82. The number of hydrogen-bond acceptors (Lipinski definition) is 2. The molecule has 0 saturated heterocycles. The van der Waals surface area contributed by atoms with E-state index in [1.165, 1.54) is 12.2 Å². The number of nitroso groups, excluding NO2 is 1. The maximum Gasteiger partial charge on any atom is 0.107 e. The lowest BCUT2D eigenvalue weighted by atomic mass is 10.3. The lowest BCUT2D eigenvalue weighted by Crippen LogP contribution is -1.65. The smallest absolute Gasteiger partial charge is 0.107 e. The summed E-state index contributed by atoms with van der Waals surface area (Å²) in [7, 11) is 0. The Labute approximate surface area is 60.2 Å². The highest BCUT2D eigenvalue weighted by molar-refractivity contribution is 5.23. The third-order valence-corrected chi connectivity index (χ3v) is 0.797. The second-order valence-corrected chi connectivity index (χ2v) is 1.51. The molecule has 0 saturated carbocycles. The van der Waals surface area contributed by atoms with Crippen LogP contribution in [0.3, 0.4) is 0 Å². The van der Waals surface area contributed by atoms with E-state index in [-0.39, 0.29) is 0 Å². The normalized spacial score (nSPS) is 11.4. The van der Waals surface area contributed by atoms with Crippen LogP contribution in [0.25, 0.3) is 0 Å². The number of nitrogens with zero attached hydrogens (tertiary/aromatic N) is 1. The molecule has 0 fully saturated rings. The van der Waals surface area contributed by atoms with Crippen LogP contribution in [-0.2, 0) is 0 Å². The van der Waals surface area contributed by atoms with Gasteiger partial charge in [0.15, 0.2) is 0 Å². The molecule has 0 N–H and O–H groups in total. The van der Waals surface area contributed by atoms with Gasteiger partial charge in [-0.1, -0.05) is 31.4 Å². The van der Waals surface area contributed by atoms with Crippen LogP contribution in [0.5, 0.6) is 0 Å². The van der Waals surface area contributed by atoms with E-state index in [0.717, 1.165) is 0 Å². The summed E-state index contributed by atoms with van der Waals surface area (Å²) in [5, 5.41) is 2.72. The number of rotatable bonds is 4. The van der Waals surface area contributed by atoms with Gasteiger partial charge in [0.25, 0.3) is 0 Å². The van der Waals surface area contributed by atoms with Gasteiger partial charge in [0.1, 0.15) is 5.70 Å². The molecule has 0 aliphatic heterocycles. The van der Waals surface area contributed by atoms with Gasteiger partial charge in [0, 0.05) is 0 Å². The van der Waals surface area contributed by atoms with E-state index < -0.39 is 0 Å². The fourth-order valence-electron chi connectivity index (χ4n) is 0.404. The van der Waals surface area contributed by atoms with E-state index in [2.05, 4.69) is 18.3 Å². The lowest BCUT2D eigenvalue weighted by Gasteiger charge is -1.80. The highest BCUT2D eigenvalue weighted by Crippen LogP contribution is 1.97. The van der Waals surface area contributed by atoms with E-state index in [0.29, 0.717) is 5.70 Å². The summed E-state index contributed by atoms with van der Waals surface area (Å²) in [6.45, 7) is 6.87. The van der Waals surface area contributed by atoms with Crippen LogP contribution in [0.2, 0.25) is 0 Å². The third kappa shape index (κ3) is 3.55. The minimum atomic E-state index is 0.343. The van der Waals surface area contributed by atoms with Crippen molar-refractivity contribution in [2.75, 3.05) is 0 Å². The molecule has 10 heavy (non-hydrogen) atoms. The zero-order valence-electron chi connectivity index (χ0n) is 5.66. The van der Waals surface area contributed by atoms with Gasteiger partial charge in [-0.2, -0.15) is 0 Å². The van der Waals surface area contributed by atoms with Crippen molar-refractivity contribution in [2.24, 2.45) is 5.18 Å². The molecule has 0 rings (SSSR count). The van der Waals surface area contributed by atoms with Crippen LogP contribution in [0.1, 0.15) is 0 Å². The molecule has 0 aromatic heterocycles. The van der Waals surface area contributed by atoms with E-state index in [9.17, 15) is 4.91 Å². The van der Waals surface area contributed by atoms with Gasteiger partial charge in [-0.3, -0.25) is 0 Å². The van der Waals surface area contributed by atoms with E-state index in [4.69, 9.17) is 0 Å². The van der Waals surface area contributed by atoms with Crippen LogP contribution < -0.4 is 0 Å². The fraction of sp³-hybridized carbons (Fsp3) is 0. The second kappa shape index (κ2) is 5.69. The average Bonchev–Trinajstić information content (AvgIpc) is 1.98. The van der Waals surface area contributed by atoms with Crippen molar-refractivity contribution in [3.8, 4) is 0 Å². The van der Waals surface area contributed by atoms with Gasteiger partial charge < -0.3 is 0 Å². The summed E-state index contributed by atoms with van der Waals surface area (Å²) in [6, 6.07) is 0. The van der Waals surface area contributed by atoms with Crippen LogP contribution in [0, 0.1) is 4.91 Å². The van der Waals surface area contributed by atoms with Gasteiger partial charge in [0.2, 0.25) is 0 Å². The molecule has 2 nitrogen and oxygen atoms in total. The standard InChI is InChI=1S/C8H9NO/c1-3-5-7-8(9-10)6-4-2/h3-7H,1-2H2/b7-5-,8-6+. The Balaban J connectivity index is 4.20. The predicted octanol–water partition coefficient (Wildman–Crippen LogP) is 2.56. The van der Waals surface area contributed by atoms with Gasteiger partial charge in [-0.05, 0) is 17.3 Å². The molecule has 0 aliphatic carbocycles. The minimum Gasteiger partial charge on any atom is -0.145 e. The van der Waals surface area contributed by atoms with Gasteiger partial charge in [-0.15, -0.1) is 4.91 Å². The zero-order valence-corrected chi connectivity index (χ0v) is 5.66. The summed E-state index contributed by atoms with van der Waals surface area (Å²) in [6.07, 6.45) is 7.79. The summed E-state index contributed by atoms with van der Waals surface area (Å²) in [5.74, 6) is 0. The van der Waals surface area contributed by atoms with Crippen molar-refractivity contribution < 1.29 is 0 Å². The largest absolute Gasteiger partial charge is 0.145 e. The van der Waals surface area contributed by atoms with Gasteiger partial charge in [-0.25, -0.2) is 0 Å². The van der Waals surface area contributed by atoms with E-state index in [1.54, 1.807) is 18.2 Å². The highest BCUT2D eigenvalue weighted by atomic mass is 16.3. The van der Waals surface area contributed by atoms with Crippen molar-refractivity contribution in [3.63, 3.8) is 0 Å². The molecule has 0 aromatic carbocycles. The number of allylic oxidation sites excluding steroid dienone is 5. The first kappa shape index (κ1) is 8.56. The molecule has 0 aliphatic rings. The van der Waals surface area contributed by atoms with E-state index in [1.807, 2.05) is 0 Å². The Morgan fingerprint density at radius 3 is 2.40 bits per heavy atom. The summed E-state index contributed by atoms with van der Waals surface area (Å²) in [5.41, 5.74) is 0.343. The monoisotopic (exact) mass is 135 g/mol. The summed E-state index contributed by atoms with van der Waals surface area (Å²) < 4.78 is 0. The molecule has 0 aromatic rings. The maximum atomic E-state index is 9.95. The topological polar surface area (TPSA) is 29.4 Å². The van der Waals surface area contributed by atoms with Crippen LogP contribution >= 0.6 is 0 Å². The Bertz CT molecular complexity index is 189. The minimum absolute atomic E-state index is 0.343. The van der Waals surface area contributed by atoms with Crippen molar-refractivity contribution in [3.05, 3.63) is 54.1 Å². The van der Waals surface area contributed by atoms with Gasteiger partial charge >= 0.3 is 0 Å². The van der Waals surface area contributed by atoms with Crippen molar-refractivity contribution in [2.45, 2.75) is 0 Å². The van der Waals surface area contributed by atoms with Crippen LogP contribution in [0.4, 0.5) is 0 Å². The third-order valence-electron chi connectivity index (χ3n) is 0.797. The molecule has 0 atom stereocenters. The van der Waals surface area contributed by atoms with Crippen LogP contribution in [-0.4, -0.2) is 0 Å². The van der Waals surface area contributed by atoms with Crippen molar-refractivity contribution >= 4 is 0 Å². The highest BCUT2D eigenvalue weighted by Gasteiger charge is 1.83. The fourth-order valence-corrected chi connectivity index (χ4v) is 0.404. The summed E-state index contributed by atoms with van der Waals surface area (Å²) >= 11 is 0. The quantitative estimate of drug-likeness (QED) is 0.430. The second-order valence-electron chi connectivity index (χ2n) is 1.51. The molecule has 0 unspecified atom stereocenters. The molecule has 2 heteroatoms. The Morgan fingerprint density at radius 1 is 1.30 bits per heavy atom. The molecule has 0 spiro atoms. The van der Waals surface area contributed by atoms with Crippen LogP contribution in [0.15, 0.2) is 54.4 Å². The summed E-state index contributed by atoms with van der Waals surface area (Å²) in [4.78, 5) is 9.95. The first-order valence-corrected chi connectivity index (χ1v) is 2.80. The average molecular weight is 135 g/mol. The predicted molar refractivity (Wildman–Crippen MR) is 43.4 cm³/mol. The van der Waals surface area contributed by atoms with Crippen molar-refractivity contribution in [1.29, 1.82) is 0 Å². The van der Waals surface area contributed by atoms with Gasteiger partial charge in [0.05, 0.1) is 0 Å². The Morgan fingerprint density at radius 2 is 2.00 bits per heavy atom. The Kier molecular flexibility index (Phi) is 4.87. The lowest BCUT2D eigenvalue weighted by molar-refractivity contribution is 1.39. The SMILES string of the molecule is C=C/C=C\C(=C/C=C)N=O. The molecule has 0 radical (unpaired) electrons. The van der Waals surface area contributed by atoms with E-state index >= 15 is 0 Å². The maximum absolute atomic E-state index is 9.95. The molecular formula is C8H9NO. The van der Waals surface area contributed by atoms with Crippen molar-refractivity contribution in [1.82, 2.24) is 0 Å². The first-order valence-electron chi connectivity index (χ1n) is 2.80. The molecular weight excluding hydrogens is 126 g/mol. The molecule has 0 heterocycles. The first-order chi connectivity index (χ1) is 4.85. The molecule has 52 valence electrons. The Hall–Kier alpha value is -1.44.